The Bertz CT molecular complexity index is 1880. The van der Waals surface area contributed by atoms with Crippen molar-refractivity contribution >= 4 is 23.7 Å². The molecular formula is C36H33FN8O2. The molecule has 0 bridgehead atoms. The van der Waals surface area contributed by atoms with Crippen molar-refractivity contribution in [3.05, 3.63) is 107 Å². The molecule has 0 N–H and O–H groups in total. The first-order valence-electron chi connectivity index (χ1n) is 15.3. The first kappa shape index (κ1) is 31.5. The van der Waals surface area contributed by atoms with E-state index < -0.39 is 0 Å². The maximum absolute atomic E-state index is 12.9. The van der Waals surface area contributed by atoms with Crippen molar-refractivity contribution in [2.45, 2.75) is 51.1 Å². The zero-order chi connectivity index (χ0) is 33.0. The fourth-order valence-electron chi connectivity index (χ4n) is 5.53. The molecule has 1 atom stereocenters. The quantitative estimate of drug-likeness (QED) is 0.302. The lowest BCUT2D eigenvalue weighted by Gasteiger charge is -2.31. The molecule has 3 aliphatic heterocycles. The minimum atomic E-state index is -0.288. The highest BCUT2D eigenvalue weighted by Crippen LogP contribution is 2.32. The summed E-state index contributed by atoms with van der Waals surface area (Å²) in [4.78, 5) is 41.5. The molecule has 3 aliphatic rings. The van der Waals surface area contributed by atoms with Gasteiger partial charge >= 0.3 is 0 Å². The van der Waals surface area contributed by atoms with Gasteiger partial charge in [-0.3, -0.25) is 9.59 Å². The Hall–Kier alpha value is -5.49. The summed E-state index contributed by atoms with van der Waals surface area (Å²) in [6.45, 7) is 4.90. The number of carbonyl (C=O) groups excluding carboxylic acids is 2. The number of carbonyl (C=O) groups is 2. The Morgan fingerprint density at radius 1 is 0.723 bits per heavy atom. The van der Waals surface area contributed by atoms with Gasteiger partial charge in [0, 0.05) is 73.9 Å². The maximum Gasteiger partial charge on any atom is 0.247 e. The molecule has 2 amide bonds. The van der Waals surface area contributed by atoms with E-state index in [1.807, 2.05) is 56.2 Å². The highest BCUT2D eigenvalue weighted by atomic mass is 19.1. The van der Waals surface area contributed by atoms with E-state index in [1.54, 1.807) is 41.9 Å². The van der Waals surface area contributed by atoms with Gasteiger partial charge in [0.05, 0.1) is 11.1 Å². The van der Waals surface area contributed by atoms with Crippen molar-refractivity contribution in [3.8, 4) is 23.7 Å². The Morgan fingerprint density at radius 2 is 1.26 bits per heavy atom. The van der Waals surface area contributed by atoms with Crippen molar-refractivity contribution in [1.82, 2.24) is 30.0 Å². The molecule has 1 unspecified atom stereocenters. The van der Waals surface area contributed by atoms with Gasteiger partial charge < -0.3 is 0 Å². The van der Waals surface area contributed by atoms with E-state index in [0.29, 0.717) is 41.9 Å². The molecule has 0 aliphatic carbocycles. The summed E-state index contributed by atoms with van der Waals surface area (Å²) in [6.07, 6.45) is 9.62. The van der Waals surface area contributed by atoms with E-state index in [4.69, 9.17) is 0 Å². The van der Waals surface area contributed by atoms with E-state index in [2.05, 4.69) is 48.6 Å². The van der Waals surface area contributed by atoms with Gasteiger partial charge in [-0.25, -0.2) is 44.4 Å². The monoisotopic (exact) mass is 628 g/mol. The molecule has 4 aromatic rings. The van der Waals surface area contributed by atoms with Gasteiger partial charge in [0.25, 0.3) is 0 Å². The second-order valence-corrected chi connectivity index (χ2v) is 12.0. The summed E-state index contributed by atoms with van der Waals surface area (Å²) in [5.41, 5.74) is 2.79. The second kappa shape index (κ2) is 13.5. The Balaban J connectivity index is 0.000000165. The van der Waals surface area contributed by atoms with Gasteiger partial charge in [0.15, 0.2) is 0 Å². The first-order valence-corrected chi connectivity index (χ1v) is 15.3. The molecule has 10 nitrogen and oxygen atoms in total. The number of aromatic nitrogens is 4. The molecule has 2 aromatic carbocycles. The minimum absolute atomic E-state index is 0.000574. The summed E-state index contributed by atoms with van der Waals surface area (Å²) in [5.74, 6) is 12.5. The van der Waals surface area contributed by atoms with Crippen molar-refractivity contribution in [1.29, 1.82) is 0 Å². The Kier molecular flexibility index (Phi) is 9.03. The molecule has 236 valence electrons. The number of anilines is 2. The van der Waals surface area contributed by atoms with Crippen LogP contribution in [-0.2, 0) is 9.59 Å². The van der Waals surface area contributed by atoms with E-state index in [-0.39, 0.29) is 23.2 Å². The van der Waals surface area contributed by atoms with Crippen LogP contribution in [0.15, 0.2) is 79.4 Å². The molecule has 3 fully saturated rings. The lowest BCUT2D eigenvalue weighted by atomic mass is 10.0. The number of benzene rings is 2. The average molecular weight is 629 g/mol. The number of hydrazine groups is 2. The van der Waals surface area contributed by atoms with Gasteiger partial charge in [0.1, 0.15) is 5.82 Å². The van der Waals surface area contributed by atoms with Crippen LogP contribution in [0.4, 0.5) is 16.3 Å². The average Bonchev–Trinajstić information content (AvgIpc) is 3.71. The fraction of sp³-hybridized carbons (Fsp3) is 0.278. The SMILES string of the molecule is CN1N(c2ncc(C#Cc3ccccc3)cn2)C(=O)CC1(C)C.O=C1CC2CCCN2N1c1ncc(C#Cc2ccc(F)cc2)cn1. The number of nitrogens with zero attached hydrogens (tertiary/aromatic N) is 8. The molecule has 7 rings (SSSR count). The predicted molar refractivity (Wildman–Crippen MR) is 175 cm³/mol. The van der Waals surface area contributed by atoms with Crippen molar-refractivity contribution < 1.29 is 14.0 Å². The van der Waals surface area contributed by atoms with Gasteiger partial charge in [-0.2, -0.15) is 0 Å². The summed E-state index contributed by atoms with van der Waals surface area (Å²) in [5, 5.41) is 7.05. The molecule has 0 saturated carbocycles. The third kappa shape index (κ3) is 7.17. The highest BCUT2D eigenvalue weighted by Gasteiger charge is 2.43. The number of amides is 2. The molecule has 47 heavy (non-hydrogen) atoms. The molecule has 0 radical (unpaired) electrons. The van der Waals surface area contributed by atoms with Gasteiger partial charge in [-0.1, -0.05) is 41.9 Å². The topological polar surface area (TPSA) is 98.7 Å². The number of halogens is 1. The van der Waals surface area contributed by atoms with Crippen LogP contribution in [0, 0.1) is 29.5 Å². The van der Waals surface area contributed by atoms with E-state index in [1.165, 1.54) is 17.1 Å². The van der Waals surface area contributed by atoms with E-state index in [0.717, 1.165) is 30.5 Å². The number of fused-ring (bicyclic) bond motifs is 1. The van der Waals surface area contributed by atoms with Crippen LogP contribution in [0.1, 0.15) is 61.8 Å². The lowest BCUT2D eigenvalue weighted by molar-refractivity contribution is -0.118. The third-order valence-electron chi connectivity index (χ3n) is 8.22. The van der Waals surface area contributed by atoms with Crippen LogP contribution in [0.3, 0.4) is 0 Å². The summed E-state index contributed by atoms with van der Waals surface area (Å²) < 4.78 is 12.9. The standard InChI is InChI=1S/C18H15FN4O.C18H18N4O/c19-15-7-5-13(6-8-15)3-4-14-11-20-18(21-12-14)23-17(24)10-16-2-1-9-22(16)23;1-18(2)11-16(23)22(21(18)3)17-19-12-15(13-20-17)10-9-14-7-5-4-6-8-14/h5-8,11-12,16H,1-2,9-10H2;4-8,12-13H,11H2,1-3H3. The van der Waals surface area contributed by atoms with Crippen LogP contribution >= 0.6 is 0 Å². The summed E-state index contributed by atoms with van der Waals surface area (Å²) in [6, 6.07) is 16.0. The highest BCUT2D eigenvalue weighted by molar-refractivity contribution is 5.94. The Labute approximate surface area is 273 Å². The first-order chi connectivity index (χ1) is 22.7. The van der Waals surface area contributed by atoms with Crippen LogP contribution in [0.2, 0.25) is 0 Å². The number of rotatable bonds is 2. The maximum atomic E-state index is 12.9. The summed E-state index contributed by atoms with van der Waals surface area (Å²) >= 11 is 0. The third-order valence-corrected chi connectivity index (χ3v) is 8.22. The zero-order valence-corrected chi connectivity index (χ0v) is 26.4. The molecule has 2 aromatic heterocycles. The summed E-state index contributed by atoms with van der Waals surface area (Å²) in [7, 11) is 1.87. The molecule has 3 saturated heterocycles. The normalized spacial score (nSPS) is 18.5. The lowest BCUT2D eigenvalue weighted by Crippen LogP contribution is -2.45. The van der Waals surface area contributed by atoms with Gasteiger partial charge in [-0.05, 0) is 63.1 Å². The number of hydrogen-bond acceptors (Lipinski definition) is 8. The van der Waals surface area contributed by atoms with Crippen molar-refractivity contribution in [2.24, 2.45) is 0 Å². The van der Waals surface area contributed by atoms with Gasteiger partial charge in [-0.15, -0.1) is 0 Å². The largest absolute Gasteiger partial charge is 0.273 e. The van der Waals surface area contributed by atoms with Crippen molar-refractivity contribution in [3.63, 3.8) is 0 Å². The fourth-order valence-corrected chi connectivity index (χ4v) is 5.53. The second-order valence-electron chi connectivity index (χ2n) is 12.0. The van der Waals surface area contributed by atoms with E-state index in [9.17, 15) is 14.0 Å². The van der Waals surface area contributed by atoms with Gasteiger partial charge in [0.2, 0.25) is 23.7 Å². The molecule has 11 heteroatoms. The van der Waals surface area contributed by atoms with Crippen molar-refractivity contribution in [2.75, 3.05) is 23.6 Å². The molecular weight excluding hydrogens is 595 g/mol. The predicted octanol–water partition coefficient (Wildman–Crippen LogP) is 4.37. The molecule has 5 heterocycles. The molecule has 0 spiro atoms. The van der Waals surface area contributed by atoms with Crippen LogP contribution in [0.25, 0.3) is 0 Å². The van der Waals surface area contributed by atoms with E-state index >= 15 is 0 Å². The zero-order valence-electron chi connectivity index (χ0n) is 26.4. The van der Waals surface area contributed by atoms with Crippen LogP contribution < -0.4 is 10.0 Å². The smallest absolute Gasteiger partial charge is 0.247 e. The van der Waals surface area contributed by atoms with Crippen LogP contribution in [-0.4, -0.2) is 66.9 Å². The van der Waals surface area contributed by atoms with Crippen LogP contribution in [0.5, 0.6) is 0 Å². The Morgan fingerprint density at radius 3 is 1.81 bits per heavy atom. The minimum Gasteiger partial charge on any atom is -0.273 e. The number of hydrogen-bond donors (Lipinski definition) is 0.